The third-order valence-electron chi connectivity index (χ3n) is 6.15. The van der Waals surface area contributed by atoms with Crippen LogP contribution in [0.4, 0.5) is 5.69 Å². The summed E-state index contributed by atoms with van der Waals surface area (Å²) in [5.74, 6) is -0.0244. The molecule has 2 heterocycles. The van der Waals surface area contributed by atoms with Gasteiger partial charge in [-0.3, -0.25) is 9.69 Å². The minimum atomic E-state index is -3.56. The van der Waals surface area contributed by atoms with Crippen LogP contribution in [0.5, 0.6) is 0 Å². The number of imidazole rings is 1. The topological polar surface area (TPSA) is 127 Å². The Morgan fingerprint density at radius 1 is 1.15 bits per heavy atom. The maximum Gasteiger partial charge on any atom is 0.323 e. The van der Waals surface area contributed by atoms with Gasteiger partial charge in [0.15, 0.2) is 0 Å². The Hall–Kier alpha value is -2.95. The van der Waals surface area contributed by atoms with Gasteiger partial charge in [0.2, 0.25) is 15.9 Å². The molecule has 10 heteroatoms. The summed E-state index contributed by atoms with van der Waals surface area (Å²) in [6, 6.07) is 11.6. The number of carbonyl (C=O) groups is 1. The van der Waals surface area contributed by atoms with Gasteiger partial charge in [0.25, 0.3) is 0 Å². The highest BCUT2D eigenvalue weighted by molar-refractivity contribution is 7.89. The lowest BCUT2D eigenvalue weighted by molar-refractivity contribution is -0.121. The van der Waals surface area contributed by atoms with Gasteiger partial charge in [0.05, 0.1) is 22.0 Å². The molecule has 0 spiro atoms. The van der Waals surface area contributed by atoms with Crippen LogP contribution < -0.4 is 15.7 Å². The monoisotopic (exact) mass is 471 g/mol. The van der Waals surface area contributed by atoms with E-state index in [4.69, 9.17) is 0 Å². The molecule has 1 aliphatic rings. The van der Waals surface area contributed by atoms with Gasteiger partial charge >= 0.3 is 5.69 Å². The molecule has 2 aromatic carbocycles. The highest BCUT2D eigenvalue weighted by Crippen LogP contribution is 2.21. The van der Waals surface area contributed by atoms with Crippen molar-refractivity contribution in [3.05, 3.63) is 58.5 Å². The van der Waals surface area contributed by atoms with Gasteiger partial charge in [-0.2, -0.15) is 0 Å². The predicted molar refractivity (Wildman–Crippen MR) is 128 cm³/mol. The van der Waals surface area contributed by atoms with E-state index in [2.05, 4.69) is 24.9 Å². The first kappa shape index (κ1) is 23.2. The van der Waals surface area contributed by atoms with Crippen molar-refractivity contribution in [3.63, 3.8) is 0 Å². The van der Waals surface area contributed by atoms with E-state index in [1.165, 1.54) is 0 Å². The van der Waals surface area contributed by atoms with Gasteiger partial charge in [-0.15, -0.1) is 0 Å². The van der Waals surface area contributed by atoms with Crippen LogP contribution in [0.1, 0.15) is 25.3 Å². The van der Waals surface area contributed by atoms with Gasteiger partial charge in [0.1, 0.15) is 0 Å². The lowest BCUT2D eigenvalue weighted by Gasteiger charge is -2.36. The molecule has 0 aliphatic carbocycles. The number of sulfonamides is 1. The van der Waals surface area contributed by atoms with Crippen molar-refractivity contribution in [3.8, 4) is 0 Å². The van der Waals surface area contributed by atoms with Crippen LogP contribution in [0.3, 0.4) is 0 Å². The fraction of sp³-hybridized carbons (Fsp3) is 0.391. The molecule has 4 N–H and O–H groups in total. The molecule has 1 amide bonds. The minimum Gasteiger partial charge on any atom is -0.325 e. The zero-order valence-corrected chi connectivity index (χ0v) is 19.5. The van der Waals surface area contributed by atoms with Crippen molar-refractivity contribution in [2.24, 2.45) is 5.92 Å². The number of benzene rings is 2. The highest BCUT2D eigenvalue weighted by Gasteiger charge is 2.28. The Morgan fingerprint density at radius 2 is 1.88 bits per heavy atom. The Morgan fingerprint density at radius 3 is 2.64 bits per heavy atom. The third kappa shape index (κ3) is 5.52. The number of aromatic nitrogens is 2. The maximum atomic E-state index is 12.8. The molecular weight excluding hydrogens is 442 g/mol. The van der Waals surface area contributed by atoms with Gasteiger partial charge in [-0.1, -0.05) is 17.7 Å². The first-order valence-corrected chi connectivity index (χ1v) is 12.5. The van der Waals surface area contributed by atoms with E-state index in [1.807, 2.05) is 13.8 Å². The molecule has 0 bridgehead atoms. The van der Waals surface area contributed by atoms with Crippen LogP contribution in [0.25, 0.3) is 11.0 Å². The molecule has 2 atom stereocenters. The first-order chi connectivity index (χ1) is 15.7. The number of H-pyrrole nitrogens is 2. The standard InChI is InChI=1S/C23H29N5O4S/c1-15-5-8-19(9-6-15)33(31,32)24-13-17-4-3-11-28(14-17)16(2)22(29)25-18-7-10-20-21(12-18)27-23(30)26-20/h5-10,12,16-17,24H,3-4,11,13-14H2,1-2H3,(H,25,29)(H2,26,27,30). The number of fused-ring (bicyclic) bond motifs is 1. The van der Waals surface area contributed by atoms with Crippen molar-refractivity contribution in [2.75, 3.05) is 25.0 Å². The molecule has 1 aliphatic heterocycles. The second-order valence-electron chi connectivity index (χ2n) is 8.67. The normalized spacial score (nSPS) is 18.3. The SMILES string of the molecule is Cc1ccc(S(=O)(=O)NCC2CCCN(C(C)C(=O)Nc3ccc4[nH]c(=O)[nH]c4c3)C2)cc1. The quantitative estimate of drug-likeness (QED) is 0.420. The summed E-state index contributed by atoms with van der Waals surface area (Å²) < 4.78 is 27.9. The van der Waals surface area contributed by atoms with E-state index in [0.29, 0.717) is 29.8 Å². The number of nitrogens with one attached hydrogen (secondary N) is 4. The molecule has 0 radical (unpaired) electrons. The number of hydrogen-bond acceptors (Lipinski definition) is 5. The summed E-state index contributed by atoms with van der Waals surface area (Å²) in [5, 5.41) is 2.91. The fourth-order valence-corrected chi connectivity index (χ4v) is 5.28. The Labute approximate surface area is 192 Å². The molecule has 176 valence electrons. The summed E-state index contributed by atoms with van der Waals surface area (Å²) >= 11 is 0. The number of aryl methyl sites for hydroxylation is 1. The second kappa shape index (κ2) is 9.50. The van der Waals surface area contributed by atoms with Crippen LogP contribution >= 0.6 is 0 Å². The number of piperidine rings is 1. The van der Waals surface area contributed by atoms with Crippen molar-refractivity contribution in [2.45, 2.75) is 37.6 Å². The lowest BCUT2D eigenvalue weighted by Crippen LogP contribution is -2.48. The summed E-state index contributed by atoms with van der Waals surface area (Å²) in [6.07, 6.45) is 1.80. The molecule has 1 saturated heterocycles. The average Bonchev–Trinajstić information content (AvgIpc) is 3.17. The molecule has 9 nitrogen and oxygen atoms in total. The van der Waals surface area contributed by atoms with E-state index in [9.17, 15) is 18.0 Å². The van der Waals surface area contributed by atoms with Gasteiger partial charge < -0.3 is 15.3 Å². The van der Waals surface area contributed by atoms with Crippen molar-refractivity contribution >= 4 is 32.7 Å². The Kier molecular flexibility index (Phi) is 6.68. The molecule has 0 saturated carbocycles. The van der Waals surface area contributed by atoms with Crippen LogP contribution in [-0.2, 0) is 14.8 Å². The third-order valence-corrected chi connectivity index (χ3v) is 7.59. The number of nitrogens with zero attached hydrogens (tertiary/aromatic N) is 1. The average molecular weight is 472 g/mol. The van der Waals surface area contributed by atoms with E-state index < -0.39 is 10.0 Å². The van der Waals surface area contributed by atoms with Crippen LogP contribution in [-0.4, -0.2) is 54.9 Å². The number of anilines is 1. The van der Waals surface area contributed by atoms with Gasteiger partial charge in [-0.25, -0.2) is 17.9 Å². The highest BCUT2D eigenvalue weighted by atomic mass is 32.2. The van der Waals surface area contributed by atoms with E-state index in [-0.39, 0.29) is 28.5 Å². The Balaban J connectivity index is 1.34. The van der Waals surface area contributed by atoms with Crippen LogP contribution in [0, 0.1) is 12.8 Å². The minimum absolute atomic E-state index is 0.121. The number of rotatable bonds is 7. The van der Waals surface area contributed by atoms with Crippen LogP contribution in [0.15, 0.2) is 52.2 Å². The molecule has 4 rings (SSSR count). The lowest BCUT2D eigenvalue weighted by atomic mass is 9.97. The second-order valence-corrected chi connectivity index (χ2v) is 10.4. The van der Waals surface area contributed by atoms with Gasteiger partial charge in [-0.05, 0) is 69.5 Å². The number of amides is 1. The first-order valence-electron chi connectivity index (χ1n) is 11.0. The number of carbonyl (C=O) groups excluding carboxylic acids is 1. The van der Waals surface area contributed by atoms with E-state index in [1.54, 1.807) is 42.5 Å². The zero-order chi connectivity index (χ0) is 23.6. The molecule has 1 fully saturated rings. The summed E-state index contributed by atoms with van der Waals surface area (Å²) in [6.45, 7) is 5.51. The molecule has 2 unspecified atom stereocenters. The van der Waals surface area contributed by atoms with E-state index in [0.717, 1.165) is 24.9 Å². The number of likely N-dealkylation sites (tertiary alicyclic amines) is 1. The van der Waals surface area contributed by atoms with Crippen molar-refractivity contribution < 1.29 is 13.2 Å². The summed E-state index contributed by atoms with van der Waals surface area (Å²) in [7, 11) is -3.56. The molecule has 1 aromatic heterocycles. The fourth-order valence-electron chi connectivity index (χ4n) is 4.17. The molecule has 3 aromatic rings. The maximum absolute atomic E-state index is 12.8. The van der Waals surface area contributed by atoms with Crippen LogP contribution in [0.2, 0.25) is 0 Å². The predicted octanol–water partition coefficient (Wildman–Crippen LogP) is 2.18. The molecular formula is C23H29N5O4S. The van der Waals surface area contributed by atoms with Crippen molar-refractivity contribution in [1.82, 2.24) is 19.6 Å². The zero-order valence-electron chi connectivity index (χ0n) is 18.7. The summed E-state index contributed by atoms with van der Waals surface area (Å²) in [5.41, 5.74) is 2.63. The number of aromatic amines is 2. The number of hydrogen-bond donors (Lipinski definition) is 4. The summed E-state index contributed by atoms with van der Waals surface area (Å²) in [4.78, 5) is 32.0. The van der Waals surface area contributed by atoms with E-state index >= 15 is 0 Å². The molecule has 33 heavy (non-hydrogen) atoms. The smallest absolute Gasteiger partial charge is 0.323 e. The van der Waals surface area contributed by atoms with Crippen molar-refractivity contribution in [1.29, 1.82) is 0 Å². The van der Waals surface area contributed by atoms with Gasteiger partial charge in [0, 0.05) is 18.8 Å². The largest absolute Gasteiger partial charge is 0.325 e. The Bertz CT molecular complexity index is 1300.